The van der Waals surface area contributed by atoms with E-state index in [1.165, 1.54) is 36.5 Å². The van der Waals surface area contributed by atoms with E-state index in [1.807, 2.05) is 6.92 Å². The summed E-state index contributed by atoms with van der Waals surface area (Å²) in [5, 5.41) is 0. The number of carbonyl (C=O) groups is 2. The molecule has 1 aliphatic heterocycles. The van der Waals surface area contributed by atoms with E-state index in [0.717, 1.165) is 19.3 Å². The van der Waals surface area contributed by atoms with Crippen molar-refractivity contribution < 1.29 is 32.2 Å². The lowest BCUT2D eigenvalue weighted by Gasteiger charge is -2.32. The van der Waals surface area contributed by atoms with Crippen LogP contribution in [0.2, 0.25) is 0 Å². The van der Waals surface area contributed by atoms with Crippen molar-refractivity contribution in [2.45, 2.75) is 44.0 Å². The van der Waals surface area contributed by atoms with E-state index < -0.39 is 16.0 Å². The lowest BCUT2D eigenvalue weighted by molar-refractivity contribution is 0.0449. The normalized spacial score (nSPS) is 16.8. The summed E-state index contributed by atoms with van der Waals surface area (Å²) in [6.07, 6.45) is 2.56. The molecule has 1 fully saturated rings. The number of methoxy groups -OCH3 is 1. The van der Waals surface area contributed by atoms with Crippen molar-refractivity contribution >= 4 is 21.8 Å². The van der Waals surface area contributed by atoms with Crippen molar-refractivity contribution in [1.29, 1.82) is 0 Å². The maximum atomic E-state index is 13.3. The van der Waals surface area contributed by atoms with E-state index in [-0.39, 0.29) is 41.2 Å². The standard InChI is InChI=1S/C24H29NO7S/c1-17-8-6-7-13-25(17)33(28,29)23-16-19(11-12-22(23)30-3)24(27)32-15-14-31-21-10-5-4-9-20(21)18(2)26/h4-5,9-12,16-17H,6-8,13-15H2,1-3H3. The molecule has 1 aliphatic rings. The van der Waals surface area contributed by atoms with Crippen molar-refractivity contribution in [3.05, 3.63) is 53.6 Å². The summed E-state index contributed by atoms with van der Waals surface area (Å²) in [5.74, 6) is -0.218. The molecule has 9 heteroatoms. The van der Waals surface area contributed by atoms with Gasteiger partial charge in [-0.3, -0.25) is 4.79 Å². The van der Waals surface area contributed by atoms with E-state index >= 15 is 0 Å². The number of sulfonamides is 1. The lowest BCUT2D eigenvalue weighted by Crippen LogP contribution is -2.42. The van der Waals surface area contributed by atoms with Crippen LogP contribution in [0.3, 0.4) is 0 Å². The number of esters is 1. The molecule has 0 aromatic heterocycles. The SMILES string of the molecule is COc1ccc(C(=O)OCCOc2ccccc2C(C)=O)cc1S(=O)(=O)N1CCCCC1C. The van der Waals surface area contributed by atoms with Gasteiger partial charge in [0.15, 0.2) is 5.78 Å². The molecule has 3 rings (SSSR count). The summed E-state index contributed by atoms with van der Waals surface area (Å²) in [5.41, 5.74) is 0.545. The number of Topliss-reactive ketones (excluding diaryl/α,β-unsaturated/α-hetero) is 1. The van der Waals surface area contributed by atoms with E-state index in [4.69, 9.17) is 14.2 Å². The van der Waals surface area contributed by atoms with Gasteiger partial charge in [0.2, 0.25) is 10.0 Å². The van der Waals surface area contributed by atoms with Crippen LogP contribution in [0.25, 0.3) is 0 Å². The molecule has 1 unspecified atom stereocenters. The Morgan fingerprint density at radius 3 is 2.52 bits per heavy atom. The Kier molecular flexibility index (Phi) is 8.10. The Bertz CT molecular complexity index is 1110. The Hall–Kier alpha value is -2.91. The minimum Gasteiger partial charge on any atom is -0.495 e. The van der Waals surface area contributed by atoms with Gasteiger partial charge in [-0.25, -0.2) is 13.2 Å². The van der Waals surface area contributed by atoms with Crippen molar-refractivity contribution in [1.82, 2.24) is 4.31 Å². The highest BCUT2D eigenvalue weighted by Crippen LogP contribution is 2.32. The van der Waals surface area contributed by atoms with Crippen LogP contribution >= 0.6 is 0 Å². The molecule has 1 atom stereocenters. The molecule has 178 valence electrons. The highest BCUT2D eigenvalue weighted by Gasteiger charge is 2.33. The minimum absolute atomic E-state index is 0.0443. The van der Waals surface area contributed by atoms with E-state index in [2.05, 4.69) is 0 Å². The molecule has 0 amide bonds. The molecule has 2 aromatic rings. The Labute approximate surface area is 194 Å². The van der Waals surface area contributed by atoms with E-state index in [0.29, 0.717) is 17.9 Å². The number of hydrogen-bond donors (Lipinski definition) is 0. The van der Waals surface area contributed by atoms with Crippen LogP contribution < -0.4 is 9.47 Å². The van der Waals surface area contributed by atoms with Crippen LogP contribution in [-0.2, 0) is 14.8 Å². The maximum absolute atomic E-state index is 13.3. The quantitative estimate of drug-likeness (QED) is 0.310. The fourth-order valence-corrected chi connectivity index (χ4v) is 5.70. The number of nitrogens with zero attached hydrogens (tertiary/aromatic N) is 1. The molecule has 1 heterocycles. The molecule has 0 spiro atoms. The minimum atomic E-state index is -3.84. The summed E-state index contributed by atoms with van der Waals surface area (Å²) in [6, 6.07) is 10.9. The largest absolute Gasteiger partial charge is 0.495 e. The number of para-hydroxylation sites is 1. The summed E-state index contributed by atoms with van der Waals surface area (Å²) in [7, 11) is -2.45. The zero-order valence-corrected chi connectivity index (χ0v) is 19.9. The number of hydrogen-bond acceptors (Lipinski definition) is 7. The first-order chi connectivity index (χ1) is 15.8. The number of benzene rings is 2. The predicted octanol–water partition coefficient (Wildman–Crippen LogP) is 3.70. The van der Waals surface area contributed by atoms with Gasteiger partial charge < -0.3 is 14.2 Å². The topological polar surface area (TPSA) is 99.2 Å². The zero-order chi connectivity index (χ0) is 24.0. The predicted molar refractivity (Wildman–Crippen MR) is 122 cm³/mol. The smallest absolute Gasteiger partial charge is 0.338 e. The molecule has 1 saturated heterocycles. The first kappa shape index (κ1) is 24.7. The molecule has 0 radical (unpaired) electrons. The molecular weight excluding hydrogens is 446 g/mol. The van der Waals surface area contributed by atoms with Crippen molar-refractivity contribution in [2.75, 3.05) is 26.9 Å². The lowest BCUT2D eigenvalue weighted by atomic mass is 10.1. The zero-order valence-electron chi connectivity index (χ0n) is 19.1. The highest BCUT2D eigenvalue weighted by molar-refractivity contribution is 7.89. The van der Waals surface area contributed by atoms with Gasteiger partial charge in [-0.2, -0.15) is 4.31 Å². The van der Waals surface area contributed by atoms with Gasteiger partial charge in [0.05, 0.1) is 18.2 Å². The molecule has 33 heavy (non-hydrogen) atoms. The van der Waals surface area contributed by atoms with Crippen LogP contribution in [0.4, 0.5) is 0 Å². The van der Waals surface area contributed by atoms with Gasteiger partial charge in [0.25, 0.3) is 0 Å². The third-order valence-electron chi connectivity index (χ3n) is 5.57. The second kappa shape index (κ2) is 10.8. The van der Waals surface area contributed by atoms with Crippen LogP contribution in [-0.4, -0.2) is 57.4 Å². The molecule has 0 saturated carbocycles. The summed E-state index contributed by atoms with van der Waals surface area (Å²) in [6.45, 7) is 3.74. The Morgan fingerprint density at radius 1 is 1.06 bits per heavy atom. The van der Waals surface area contributed by atoms with Crippen molar-refractivity contribution in [2.24, 2.45) is 0 Å². The Morgan fingerprint density at radius 2 is 1.82 bits per heavy atom. The molecular formula is C24H29NO7S. The summed E-state index contributed by atoms with van der Waals surface area (Å²) in [4.78, 5) is 24.2. The molecule has 2 aromatic carbocycles. The van der Waals surface area contributed by atoms with Gasteiger partial charge in [0, 0.05) is 12.6 Å². The molecule has 0 aliphatic carbocycles. The number of ketones is 1. The average Bonchev–Trinajstić information content (AvgIpc) is 2.81. The number of ether oxygens (including phenoxy) is 3. The Balaban J connectivity index is 1.70. The third kappa shape index (κ3) is 5.72. The van der Waals surface area contributed by atoms with Crippen molar-refractivity contribution in [3.8, 4) is 11.5 Å². The highest BCUT2D eigenvalue weighted by atomic mass is 32.2. The average molecular weight is 476 g/mol. The van der Waals surface area contributed by atoms with Gasteiger partial charge in [-0.05, 0) is 57.0 Å². The van der Waals surface area contributed by atoms with Gasteiger partial charge >= 0.3 is 5.97 Å². The van der Waals surface area contributed by atoms with Crippen LogP contribution in [0.1, 0.15) is 53.8 Å². The van der Waals surface area contributed by atoms with Gasteiger partial charge in [-0.1, -0.05) is 18.6 Å². The second-order valence-corrected chi connectivity index (χ2v) is 9.72. The fraction of sp³-hybridized carbons (Fsp3) is 0.417. The second-order valence-electron chi connectivity index (χ2n) is 7.86. The summed E-state index contributed by atoms with van der Waals surface area (Å²) >= 11 is 0. The molecule has 8 nitrogen and oxygen atoms in total. The monoisotopic (exact) mass is 475 g/mol. The van der Waals surface area contributed by atoms with E-state index in [9.17, 15) is 18.0 Å². The molecule has 0 N–H and O–H groups in total. The van der Waals surface area contributed by atoms with Gasteiger partial charge in [-0.15, -0.1) is 0 Å². The number of piperidine rings is 1. The number of carbonyl (C=O) groups excluding carboxylic acids is 2. The van der Waals surface area contributed by atoms with Crippen LogP contribution in [0, 0.1) is 0 Å². The summed E-state index contributed by atoms with van der Waals surface area (Å²) < 4.78 is 44.2. The van der Waals surface area contributed by atoms with Crippen molar-refractivity contribution in [3.63, 3.8) is 0 Å². The third-order valence-corrected chi connectivity index (χ3v) is 7.60. The number of rotatable bonds is 9. The van der Waals surface area contributed by atoms with E-state index in [1.54, 1.807) is 24.3 Å². The maximum Gasteiger partial charge on any atom is 0.338 e. The molecule has 0 bridgehead atoms. The van der Waals surface area contributed by atoms with Crippen LogP contribution in [0.5, 0.6) is 11.5 Å². The first-order valence-electron chi connectivity index (χ1n) is 10.9. The van der Waals surface area contributed by atoms with Crippen LogP contribution in [0.15, 0.2) is 47.4 Å². The fourth-order valence-electron chi connectivity index (χ4n) is 3.81. The van der Waals surface area contributed by atoms with Gasteiger partial charge in [0.1, 0.15) is 29.6 Å². The first-order valence-corrected chi connectivity index (χ1v) is 12.3.